The number of carbonyl (C=O) groups is 1. The predicted molar refractivity (Wildman–Crippen MR) is 143 cm³/mol. The Morgan fingerprint density at radius 1 is 1.12 bits per heavy atom. The van der Waals surface area contributed by atoms with Crippen LogP contribution in [0.3, 0.4) is 0 Å². The van der Waals surface area contributed by atoms with Gasteiger partial charge in [0.1, 0.15) is 0 Å². The molecular formula is C25H34Cl3N3OS. The number of nitrogens with one attached hydrogen (secondary N) is 1. The van der Waals surface area contributed by atoms with Crippen molar-refractivity contribution in [1.82, 2.24) is 4.90 Å². The summed E-state index contributed by atoms with van der Waals surface area (Å²) in [6.45, 7) is 3.21. The van der Waals surface area contributed by atoms with Gasteiger partial charge in [0.05, 0.1) is 5.54 Å². The largest absolute Gasteiger partial charge is 0.347 e. The molecule has 1 aromatic carbocycles. The number of unbranched alkanes of at least 4 members (excludes halogenated alkanes) is 1. The van der Waals surface area contributed by atoms with Crippen molar-refractivity contribution in [1.29, 1.82) is 0 Å². The fraction of sp³-hybridized carbons (Fsp3) is 0.680. The quantitative estimate of drug-likeness (QED) is 0.403. The molecule has 8 heteroatoms. The molecule has 1 heterocycles. The first-order valence-corrected chi connectivity index (χ1v) is 13.9. The van der Waals surface area contributed by atoms with E-state index in [1.54, 1.807) is 18.2 Å². The summed E-state index contributed by atoms with van der Waals surface area (Å²) in [4.78, 5) is 20.8. The van der Waals surface area contributed by atoms with Gasteiger partial charge in [-0.1, -0.05) is 48.3 Å². The zero-order valence-corrected chi connectivity index (χ0v) is 22.3. The number of nitrogens with zero attached hydrogens (tertiary/aromatic N) is 2. The standard InChI is InChI=1S/C25H33Cl2N3OS.ClH/c1-2-3-4-30-22(11-23(31)28-21-9-19(26)8-20(27)10-21)15-32-24(30)29-25-12-16-5-17(13-25)7-18(6-16)14-25;/h8-10,16-18,22H,2-7,11-15H2,1H3,(H,28,31);1H. The minimum absolute atomic E-state index is 0. The SMILES string of the molecule is CCCCN1C(=NC23CC4CC(CC(C4)C2)C3)SCC1CC(=O)Nc1cc(Cl)cc(Cl)c1.Cl. The molecule has 33 heavy (non-hydrogen) atoms. The summed E-state index contributed by atoms with van der Waals surface area (Å²) in [6.07, 6.45) is 10.9. The number of thioether (sulfide) groups is 1. The molecule has 0 spiro atoms. The molecule has 4 bridgehead atoms. The van der Waals surface area contributed by atoms with Crippen LogP contribution < -0.4 is 5.32 Å². The molecule has 4 aliphatic carbocycles. The molecule has 1 aliphatic heterocycles. The number of carbonyl (C=O) groups excluding carboxylic acids is 1. The third-order valence-electron chi connectivity index (χ3n) is 7.75. The second-order valence-electron chi connectivity index (χ2n) is 10.5. The lowest BCUT2D eigenvalue weighted by molar-refractivity contribution is -0.116. The summed E-state index contributed by atoms with van der Waals surface area (Å²) in [5, 5.41) is 5.24. The number of amidine groups is 1. The highest BCUT2D eigenvalue weighted by Gasteiger charge is 2.51. The Labute approximate surface area is 218 Å². The molecule has 0 radical (unpaired) electrons. The van der Waals surface area contributed by atoms with Gasteiger partial charge < -0.3 is 10.2 Å². The average Bonchev–Trinajstić information content (AvgIpc) is 3.04. The lowest BCUT2D eigenvalue weighted by atomic mass is 9.53. The van der Waals surface area contributed by atoms with Gasteiger partial charge in [-0.2, -0.15) is 0 Å². The van der Waals surface area contributed by atoms with E-state index in [1.807, 2.05) is 11.8 Å². The average molecular weight is 531 g/mol. The van der Waals surface area contributed by atoms with Gasteiger partial charge in [0.15, 0.2) is 5.17 Å². The summed E-state index contributed by atoms with van der Waals surface area (Å²) >= 11 is 14.0. The van der Waals surface area contributed by atoms with Crippen molar-refractivity contribution < 1.29 is 4.79 Å². The highest BCUT2D eigenvalue weighted by molar-refractivity contribution is 8.14. The number of benzene rings is 1. The van der Waals surface area contributed by atoms with Gasteiger partial charge in [0.25, 0.3) is 0 Å². The van der Waals surface area contributed by atoms with Crippen molar-refractivity contribution in [3.63, 3.8) is 0 Å². The maximum absolute atomic E-state index is 12.9. The van der Waals surface area contributed by atoms with Gasteiger partial charge in [-0.05, 0) is 80.9 Å². The van der Waals surface area contributed by atoms with E-state index < -0.39 is 0 Å². The second-order valence-corrected chi connectivity index (χ2v) is 12.3. The first-order valence-electron chi connectivity index (χ1n) is 12.2. The van der Waals surface area contributed by atoms with Gasteiger partial charge in [0, 0.05) is 40.5 Å². The summed E-state index contributed by atoms with van der Waals surface area (Å²) in [5.41, 5.74) is 0.830. The van der Waals surface area contributed by atoms with Gasteiger partial charge in [0.2, 0.25) is 5.91 Å². The number of hydrogen-bond donors (Lipinski definition) is 1. The number of aliphatic imine (C=N–C) groups is 1. The Morgan fingerprint density at radius 3 is 2.30 bits per heavy atom. The van der Waals surface area contributed by atoms with Gasteiger partial charge >= 0.3 is 0 Å². The number of amides is 1. The van der Waals surface area contributed by atoms with Gasteiger partial charge in [-0.3, -0.25) is 9.79 Å². The van der Waals surface area contributed by atoms with Crippen molar-refractivity contribution in [2.75, 3.05) is 17.6 Å². The normalized spacial score (nSPS) is 33.4. The van der Waals surface area contributed by atoms with Crippen LogP contribution in [0.15, 0.2) is 23.2 Å². The van der Waals surface area contributed by atoms with E-state index in [2.05, 4.69) is 17.1 Å². The fourth-order valence-electron chi connectivity index (χ4n) is 6.83. The lowest BCUT2D eigenvalue weighted by Gasteiger charge is -2.55. The summed E-state index contributed by atoms with van der Waals surface area (Å²) in [5.74, 6) is 3.62. The molecule has 6 rings (SSSR count). The molecule has 1 amide bonds. The first-order chi connectivity index (χ1) is 15.4. The monoisotopic (exact) mass is 529 g/mol. The third-order valence-corrected chi connectivity index (χ3v) is 9.32. The van der Waals surface area contributed by atoms with Gasteiger partial charge in [-0.15, -0.1) is 12.4 Å². The molecule has 1 saturated heterocycles. The van der Waals surface area contributed by atoms with Gasteiger partial charge in [-0.25, -0.2) is 0 Å². The Kier molecular flexibility index (Phi) is 8.15. The molecular weight excluding hydrogens is 497 g/mol. The topological polar surface area (TPSA) is 44.7 Å². The smallest absolute Gasteiger partial charge is 0.226 e. The molecule has 0 aromatic heterocycles. The van der Waals surface area contributed by atoms with Crippen LogP contribution in [-0.2, 0) is 4.79 Å². The number of anilines is 1. The minimum atomic E-state index is 0. The summed E-state index contributed by atoms with van der Waals surface area (Å²) < 4.78 is 0. The maximum Gasteiger partial charge on any atom is 0.226 e. The Bertz CT molecular complexity index is 853. The fourth-order valence-corrected chi connectivity index (χ4v) is 8.66. The number of hydrogen-bond acceptors (Lipinski definition) is 3. The molecule has 1 aromatic rings. The van der Waals surface area contributed by atoms with Crippen LogP contribution in [0.2, 0.25) is 10.0 Å². The minimum Gasteiger partial charge on any atom is -0.347 e. The number of rotatable bonds is 7. The van der Waals surface area contributed by atoms with Crippen molar-refractivity contribution in [2.45, 2.75) is 76.3 Å². The number of halogens is 3. The van der Waals surface area contributed by atoms with E-state index in [0.29, 0.717) is 22.2 Å². The molecule has 1 N–H and O–H groups in total. The second kappa shape index (κ2) is 10.6. The van der Waals surface area contributed by atoms with Crippen LogP contribution in [0.25, 0.3) is 0 Å². The van der Waals surface area contributed by atoms with Crippen LogP contribution in [0.4, 0.5) is 5.69 Å². The Morgan fingerprint density at radius 2 is 1.73 bits per heavy atom. The Hall–Kier alpha value is -0.620. The van der Waals surface area contributed by atoms with E-state index >= 15 is 0 Å². The molecule has 182 valence electrons. The lowest BCUT2D eigenvalue weighted by Crippen LogP contribution is -2.50. The van der Waals surface area contributed by atoms with Crippen molar-refractivity contribution >= 4 is 64.1 Å². The third kappa shape index (κ3) is 5.79. The maximum atomic E-state index is 12.9. The highest BCUT2D eigenvalue weighted by Crippen LogP contribution is 2.57. The molecule has 5 aliphatic rings. The molecule has 4 nitrogen and oxygen atoms in total. The molecule has 1 unspecified atom stereocenters. The predicted octanol–water partition coefficient (Wildman–Crippen LogP) is 7.29. The van der Waals surface area contributed by atoms with Crippen molar-refractivity contribution in [2.24, 2.45) is 22.7 Å². The van der Waals surface area contributed by atoms with Crippen molar-refractivity contribution in [3.8, 4) is 0 Å². The molecule has 4 saturated carbocycles. The van der Waals surface area contributed by atoms with E-state index in [9.17, 15) is 4.79 Å². The Balaban J connectivity index is 0.00000259. The van der Waals surface area contributed by atoms with Crippen LogP contribution >= 0.6 is 47.4 Å². The van der Waals surface area contributed by atoms with E-state index in [0.717, 1.165) is 42.9 Å². The van der Waals surface area contributed by atoms with E-state index in [-0.39, 0.29) is 29.9 Å². The van der Waals surface area contributed by atoms with Crippen LogP contribution in [-0.4, -0.2) is 39.9 Å². The zero-order valence-electron chi connectivity index (χ0n) is 19.2. The first kappa shape index (κ1) is 25.5. The molecule has 5 fully saturated rings. The summed E-state index contributed by atoms with van der Waals surface area (Å²) in [6, 6.07) is 5.34. The summed E-state index contributed by atoms with van der Waals surface area (Å²) in [7, 11) is 0. The van der Waals surface area contributed by atoms with E-state index in [1.165, 1.54) is 43.7 Å². The van der Waals surface area contributed by atoms with Crippen LogP contribution in [0.5, 0.6) is 0 Å². The van der Waals surface area contributed by atoms with Crippen LogP contribution in [0.1, 0.15) is 64.7 Å². The van der Waals surface area contributed by atoms with Crippen LogP contribution in [0, 0.1) is 17.8 Å². The zero-order chi connectivity index (χ0) is 22.3. The molecule has 1 atom stereocenters. The highest BCUT2D eigenvalue weighted by atomic mass is 35.5. The van der Waals surface area contributed by atoms with Crippen molar-refractivity contribution in [3.05, 3.63) is 28.2 Å². The van der Waals surface area contributed by atoms with E-state index in [4.69, 9.17) is 28.2 Å².